The SMILES string of the molecule is NC1=C=NC=CS1. The molecule has 0 aromatic heterocycles. The summed E-state index contributed by atoms with van der Waals surface area (Å²) in [6.07, 6.45) is 1.65. The number of hydrogen-bond donors (Lipinski definition) is 1. The molecular formula is C4H4N2S. The first-order valence-corrected chi connectivity index (χ1v) is 2.67. The van der Waals surface area contributed by atoms with E-state index in [-0.39, 0.29) is 0 Å². The van der Waals surface area contributed by atoms with Crippen LogP contribution in [0.15, 0.2) is 21.6 Å². The van der Waals surface area contributed by atoms with Crippen molar-refractivity contribution in [2.45, 2.75) is 0 Å². The Kier molecular flexibility index (Phi) is 1.20. The molecule has 2 N–H and O–H groups in total. The van der Waals surface area contributed by atoms with E-state index in [1.807, 2.05) is 5.41 Å². The Morgan fingerprint density at radius 3 is 3.00 bits per heavy atom. The molecule has 7 heavy (non-hydrogen) atoms. The molecule has 0 radical (unpaired) electrons. The number of nitrogens with zero attached hydrogens (tertiary/aromatic N) is 1. The van der Waals surface area contributed by atoms with Gasteiger partial charge in [-0.1, -0.05) is 11.8 Å². The molecule has 0 aromatic carbocycles. The highest BCUT2D eigenvalue weighted by molar-refractivity contribution is 8.06. The summed E-state index contributed by atoms with van der Waals surface area (Å²) in [7, 11) is 0. The highest BCUT2D eigenvalue weighted by Crippen LogP contribution is 2.09. The summed E-state index contributed by atoms with van der Waals surface area (Å²) in [6.45, 7) is 0. The first-order chi connectivity index (χ1) is 3.39. The van der Waals surface area contributed by atoms with Gasteiger partial charge >= 0.3 is 0 Å². The predicted octanol–water partition coefficient (Wildman–Crippen LogP) is 0.674. The first-order valence-electron chi connectivity index (χ1n) is 1.79. The highest BCUT2D eigenvalue weighted by atomic mass is 32.2. The lowest BCUT2D eigenvalue weighted by atomic mass is 10.9. The van der Waals surface area contributed by atoms with E-state index < -0.39 is 0 Å². The lowest BCUT2D eigenvalue weighted by Gasteiger charge is -1.89. The van der Waals surface area contributed by atoms with Gasteiger partial charge in [-0.3, -0.25) is 0 Å². The van der Waals surface area contributed by atoms with Crippen molar-refractivity contribution >= 4 is 17.6 Å². The number of rotatable bonds is 0. The topological polar surface area (TPSA) is 38.4 Å². The van der Waals surface area contributed by atoms with Gasteiger partial charge in [0.2, 0.25) is 0 Å². The molecule has 0 fully saturated rings. The fourth-order valence-electron chi connectivity index (χ4n) is 0.261. The molecule has 1 heterocycles. The van der Waals surface area contributed by atoms with Crippen LogP contribution < -0.4 is 5.73 Å². The van der Waals surface area contributed by atoms with Crippen LogP contribution in [0.2, 0.25) is 0 Å². The molecule has 3 heteroatoms. The minimum Gasteiger partial charge on any atom is -0.386 e. The van der Waals surface area contributed by atoms with E-state index in [2.05, 4.69) is 10.9 Å². The van der Waals surface area contributed by atoms with Crippen molar-refractivity contribution in [3.05, 3.63) is 16.6 Å². The molecule has 1 rings (SSSR count). The van der Waals surface area contributed by atoms with Crippen LogP contribution in [0, 0.1) is 0 Å². The van der Waals surface area contributed by atoms with Crippen molar-refractivity contribution in [2.24, 2.45) is 10.7 Å². The largest absolute Gasteiger partial charge is 0.386 e. The minimum absolute atomic E-state index is 0.627. The summed E-state index contributed by atoms with van der Waals surface area (Å²) < 4.78 is 0. The van der Waals surface area contributed by atoms with E-state index >= 15 is 0 Å². The molecule has 2 nitrogen and oxygen atoms in total. The van der Waals surface area contributed by atoms with Crippen molar-refractivity contribution in [3.63, 3.8) is 0 Å². The molecule has 0 saturated carbocycles. The lowest BCUT2D eigenvalue weighted by molar-refractivity contribution is 1.55. The Balaban J connectivity index is 2.84. The zero-order valence-corrected chi connectivity index (χ0v) is 4.40. The van der Waals surface area contributed by atoms with Gasteiger partial charge in [-0.15, -0.1) is 0 Å². The molecule has 0 saturated heterocycles. The third-order valence-corrected chi connectivity index (χ3v) is 1.11. The Labute approximate surface area is 45.8 Å². The molecular weight excluding hydrogens is 108 g/mol. The van der Waals surface area contributed by atoms with Gasteiger partial charge in [0.05, 0.1) is 0 Å². The molecule has 0 aliphatic carbocycles. The second kappa shape index (κ2) is 1.87. The molecule has 0 amide bonds. The predicted molar refractivity (Wildman–Crippen MR) is 31.9 cm³/mol. The molecule has 36 valence electrons. The normalized spacial score (nSPS) is 16.9. The maximum Gasteiger partial charge on any atom is 0.133 e. The van der Waals surface area contributed by atoms with Gasteiger partial charge in [0.15, 0.2) is 0 Å². The van der Waals surface area contributed by atoms with Gasteiger partial charge < -0.3 is 5.73 Å². The van der Waals surface area contributed by atoms with Gasteiger partial charge in [-0.25, -0.2) is 4.99 Å². The van der Waals surface area contributed by atoms with E-state index in [9.17, 15) is 0 Å². The number of nitrogens with two attached hydrogens (primary N) is 1. The van der Waals surface area contributed by atoms with E-state index in [0.29, 0.717) is 5.03 Å². The smallest absolute Gasteiger partial charge is 0.133 e. The van der Waals surface area contributed by atoms with Crippen LogP contribution in [0.5, 0.6) is 0 Å². The van der Waals surface area contributed by atoms with Gasteiger partial charge in [0.25, 0.3) is 0 Å². The maximum atomic E-state index is 5.26. The summed E-state index contributed by atoms with van der Waals surface area (Å²) in [5.74, 6) is 2.58. The zero-order valence-electron chi connectivity index (χ0n) is 3.59. The van der Waals surface area contributed by atoms with Gasteiger partial charge in [-0.2, -0.15) is 0 Å². The van der Waals surface area contributed by atoms with Crippen LogP contribution in [0.1, 0.15) is 0 Å². The molecule has 0 bridgehead atoms. The second-order valence-electron chi connectivity index (χ2n) is 1.01. The van der Waals surface area contributed by atoms with Crippen LogP contribution in [-0.2, 0) is 0 Å². The Morgan fingerprint density at radius 1 is 1.86 bits per heavy atom. The summed E-state index contributed by atoms with van der Waals surface area (Å²) in [6, 6.07) is 0. The quantitative estimate of drug-likeness (QED) is 0.500. The summed E-state index contributed by atoms with van der Waals surface area (Å²) in [5.41, 5.74) is 5.26. The summed E-state index contributed by atoms with van der Waals surface area (Å²) in [4.78, 5) is 3.64. The molecule has 1 aliphatic rings. The maximum absolute atomic E-state index is 5.26. The van der Waals surface area contributed by atoms with Gasteiger partial charge in [0.1, 0.15) is 5.03 Å². The van der Waals surface area contributed by atoms with Crippen molar-refractivity contribution in [3.8, 4) is 0 Å². The Hall–Kier alpha value is -0.660. The van der Waals surface area contributed by atoms with E-state index in [1.54, 1.807) is 6.20 Å². The second-order valence-corrected chi connectivity index (χ2v) is 1.96. The molecule has 0 atom stereocenters. The Morgan fingerprint density at radius 2 is 2.71 bits per heavy atom. The summed E-state index contributed by atoms with van der Waals surface area (Å²) >= 11 is 1.43. The van der Waals surface area contributed by atoms with Crippen molar-refractivity contribution < 1.29 is 0 Å². The molecule has 0 aromatic rings. The average molecular weight is 112 g/mol. The van der Waals surface area contributed by atoms with Crippen molar-refractivity contribution in [2.75, 3.05) is 0 Å². The third-order valence-electron chi connectivity index (χ3n) is 0.505. The number of aliphatic imine (C=N–C) groups is 1. The van der Waals surface area contributed by atoms with E-state index in [1.165, 1.54) is 11.8 Å². The van der Waals surface area contributed by atoms with Crippen molar-refractivity contribution in [1.82, 2.24) is 0 Å². The van der Waals surface area contributed by atoms with Crippen molar-refractivity contribution in [1.29, 1.82) is 0 Å². The third kappa shape index (κ3) is 1.11. The van der Waals surface area contributed by atoms with Crippen LogP contribution in [0.25, 0.3) is 0 Å². The van der Waals surface area contributed by atoms with E-state index in [4.69, 9.17) is 5.73 Å². The van der Waals surface area contributed by atoms with E-state index in [0.717, 1.165) is 0 Å². The minimum atomic E-state index is 0.627. The molecule has 1 aliphatic heterocycles. The zero-order chi connectivity index (χ0) is 5.11. The fraction of sp³-hybridized carbons (Fsp3) is 0. The molecule has 0 unspecified atom stereocenters. The first kappa shape index (κ1) is 4.50. The standard InChI is InChI=1S/C4H4N2S/c5-4-3-6-1-2-7-4/h1-2H,5H2. The number of hydrogen-bond acceptors (Lipinski definition) is 3. The average Bonchev–Trinajstić information content (AvgIpc) is 1.69. The summed E-state index contributed by atoms with van der Waals surface area (Å²) in [5, 5.41) is 2.44. The van der Waals surface area contributed by atoms with Gasteiger partial charge in [0, 0.05) is 12.1 Å². The van der Waals surface area contributed by atoms with Crippen LogP contribution >= 0.6 is 11.8 Å². The fourth-order valence-corrected chi connectivity index (χ4v) is 0.635. The highest BCUT2D eigenvalue weighted by Gasteiger charge is 1.85. The Bertz CT molecular complexity index is 153. The van der Waals surface area contributed by atoms with Crippen LogP contribution in [0.3, 0.4) is 0 Å². The van der Waals surface area contributed by atoms with Gasteiger partial charge in [-0.05, 0) is 5.41 Å². The van der Waals surface area contributed by atoms with Crippen LogP contribution in [0.4, 0.5) is 0 Å². The molecule has 0 spiro atoms. The lowest BCUT2D eigenvalue weighted by Crippen LogP contribution is -1.91. The van der Waals surface area contributed by atoms with Crippen LogP contribution in [-0.4, -0.2) is 5.87 Å². The monoisotopic (exact) mass is 112 g/mol. The number of thioether (sulfide) groups is 1.